The Bertz CT molecular complexity index is 3550. The van der Waals surface area contributed by atoms with Crippen LogP contribution in [0.5, 0.6) is 0 Å². The average molecular weight is 909 g/mol. The van der Waals surface area contributed by atoms with E-state index in [9.17, 15) is 0 Å². The quantitative estimate of drug-likeness (QED) is 0.119. The summed E-state index contributed by atoms with van der Waals surface area (Å²) < 4.78 is 2.64. The van der Waals surface area contributed by atoms with Crippen molar-refractivity contribution in [3.8, 4) is 44.5 Å². The normalized spacial score (nSPS) is 12.7. The fourth-order valence-corrected chi connectivity index (χ4v) is 12.9. The van der Waals surface area contributed by atoms with Crippen molar-refractivity contribution in [1.82, 2.24) is 0 Å². The first-order valence-corrected chi connectivity index (χ1v) is 26.0. The van der Waals surface area contributed by atoms with E-state index >= 15 is 0 Å². The third kappa shape index (κ3) is 7.40. The molecular weight excluding hydrogens is 852 g/mol. The molecule has 12 rings (SSSR count). The second-order valence-corrected chi connectivity index (χ2v) is 20.6. The second kappa shape index (κ2) is 17.7. The molecule has 2 nitrogen and oxygen atoms in total. The van der Waals surface area contributed by atoms with E-state index in [0.29, 0.717) is 0 Å². The largest absolute Gasteiger partial charge is 0.376 e. The Kier molecular flexibility index (Phi) is 11.1. The Morgan fingerprint density at radius 1 is 0.449 bits per heavy atom. The molecule has 2 aliphatic rings. The standard InChI is InChI=1S/C65H57BN2S/c1-6-8-18-45-26-30-51(31-27-45)68-58-40-49(47-20-12-10-13-21-47)29-32-52(58)55-39-50(62-43(4)36-42(3)37-44(62)5)41-59-64(55)66(68)65-57(34-35-61-63(65)53-24-16-17-25-60(53)69-61)67(59)56-33-28-46(19-9-7-2)38-54(56)48-22-14-11-15-23-48/h10-17,20-41H,6-9,18-19H2,1-5H3. The van der Waals surface area contributed by atoms with Gasteiger partial charge in [-0.2, -0.15) is 0 Å². The summed E-state index contributed by atoms with van der Waals surface area (Å²) in [6.45, 7) is 11.3. The summed E-state index contributed by atoms with van der Waals surface area (Å²) in [4.78, 5) is 5.38. The average Bonchev–Trinajstić information content (AvgIpc) is 3.77. The minimum Gasteiger partial charge on any atom is -0.376 e. The lowest BCUT2D eigenvalue weighted by Crippen LogP contribution is -2.61. The molecule has 0 radical (unpaired) electrons. The molecule has 336 valence electrons. The summed E-state index contributed by atoms with van der Waals surface area (Å²) in [7, 11) is 0. The number of unbranched alkanes of at least 4 members (excludes halogenated alkanes) is 2. The van der Waals surface area contributed by atoms with Crippen molar-refractivity contribution < 1.29 is 0 Å². The van der Waals surface area contributed by atoms with Gasteiger partial charge in [0, 0.05) is 43.3 Å². The maximum absolute atomic E-state index is 2.72. The van der Waals surface area contributed by atoms with Gasteiger partial charge in [0.1, 0.15) is 0 Å². The van der Waals surface area contributed by atoms with Gasteiger partial charge in [0.2, 0.25) is 0 Å². The van der Waals surface area contributed by atoms with Crippen LogP contribution in [-0.4, -0.2) is 6.85 Å². The Morgan fingerprint density at radius 3 is 1.84 bits per heavy atom. The van der Waals surface area contributed by atoms with Crippen molar-refractivity contribution in [2.24, 2.45) is 0 Å². The SMILES string of the molecule is CCCCc1ccc(N2B3c4c(cc(-c5c(C)cc(C)cc5C)cc4N(c4ccc(CCCC)cc4-c4ccccc4)c4ccc5sc6ccccc6c5c43)-c3ccc(-c4ccccc4)cc32)cc1. The van der Waals surface area contributed by atoms with Gasteiger partial charge in [0.05, 0.1) is 5.69 Å². The van der Waals surface area contributed by atoms with Crippen LogP contribution in [0.3, 0.4) is 0 Å². The summed E-state index contributed by atoms with van der Waals surface area (Å²) >= 11 is 1.92. The predicted molar refractivity (Wildman–Crippen MR) is 301 cm³/mol. The van der Waals surface area contributed by atoms with Gasteiger partial charge in [-0.3, -0.25) is 0 Å². The van der Waals surface area contributed by atoms with Crippen LogP contribution in [-0.2, 0) is 12.8 Å². The molecule has 0 atom stereocenters. The van der Waals surface area contributed by atoms with Crippen molar-refractivity contribution in [3.63, 3.8) is 0 Å². The summed E-state index contributed by atoms with van der Waals surface area (Å²) in [5, 5.41) is 2.67. The Morgan fingerprint density at radius 2 is 1.10 bits per heavy atom. The maximum Gasteiger partial charge on any atom is 0.333 e. The van der Waals surface area contributed by atoms with E-state index in [-0.39, 0.29) is 6.85 Å². The zero-order valence-electron chi connectivity index (χ0n) is 40.4. The van der Waals surface area contributed by atoms with E-state index in [1.54, 1.807) is 0 Å². The van der Waals surface area contributed by atoms with Gasteiger partial charge in [0.15, 0.2) is 0 Å². The van der Waals surface area contributed by atoms with Crippen LogP contribution in [0.25, 0.3) is 64.7 Å². The van der Waals surface area contributed by atoms with E-state index in [2.05, 4.69) is 226 Å². The van der Waals surface area contributed by atoms with Crippen molar-refractivity contribution >= 4 is 77.7 Å². The third-order valence-corrected chi connectivity index (χ3v) is 16.0. The number of thiophene rings is 1. The Balaban J connectivity index is 1.24. The minimum atomic E-state index is -0.138. The van der Waals surface area contributed by atoms with Gasteiger partial charge < -0.3 is 9.71 Å². The van der Waals surface area contributed by atoms with Crippen molar-refractivity contribution in [3.05, 3.63) is 210 Å². The zero-order chi connectivity index (χ0) is 46.8. The number of hydrogen-bond donors (Lipinski definition) is 0. The maximum atomic E-state index is 2.72. The number of benzene rings is 9. The lowest BCUT2D eigenvalue weighted by molar-refractivity contribution is 0.795. The Labute approximate surface area is 412 Å². The molecule has 0 N–H and O–H groups in total. The number of nitrogens with zero attached hydrogens (tertiary/aromatic N) is 2. The van der Waals surface area contributed by atoms with Gasteiger partial charge >= 0.3 is 6.85 Å². The van der Waals surface area contributed by atoms with Crippen LogP contribution in [0.4, 0.5) is 28.4 Å². The van der Waals surface area contributed by atoms with Gasteiger partial charge in [-0.25, -0.2) is 0 Å². The predicted octanol–water partition coefficient (Wildman–Crippen LogP) is 17.4. The molecule has 1 aromatic heterocycles. The number of anilines is 5. The number of rotatable bonds is 11. The molecule has 0 aliphatic carbocycles. The van der Waals surface area contributed by atoms with E-state index in [0.717, 1.165) is 25.7 Å². The third-order valence-electron chi connectivity index (χ3n) is 14.9. The second-order valence-electron chi connectivity index (χ2n) is 19.5. The Hall–Kier alpha value is -7.14. The molecular formula is C65H57BN2S. The molecule has 2 aliphatic heterocycles. The molecule has 3 heterocycles. The molecule has 9 aromatic carbocycles. The fraction of sp³-hybridized carbons (Fsp3) is 0.169. The molecule has 10 aromatic rings. The molecule has 69 heavy (non-hydrogen) atoms. The molecule has 0 fully saturated rings. The summed E-state index contributed by atoms with van der Waals surface area (Å²) in [6.07, 6.45) is 6.84. The lowest BCUT2D eigenvalue weighted by atomic mass is 9.42. The highest BCUT2D eigenvalue weighted by molar-refractivity contribution is 7.26. The molecule has 0 saturated carbocycles. The zero-order valence-corrected chi connectivity index (χ0v) is 41.3. The van der Waals surface area contributed by atoms with E-state index in [1.807, 2.05) is 11.3 Å². The molecule has 0 unspecified atom stereocenters. The van der Waals surface area contributed by atoms with Crippen molar-refractivity contribution in [1.29, 1.82) is 0 Å². The van der Waals surface area contributed by atoms with Crippen LogP contribution in [0.15, 0.2) is 182 Å². The van der Waals surface area contributed by atoms with Crippen LogP contribution in [0.1, 0.15) is 67.3 Å². The summed E-state index contributed by atoms with van der Waals surface area (Å²) in [5.41, 5.74) is 25.5. The number of hydrogen-bond acceptors (Lipinski definition) is 3. The lowest BCUT2D eigenvalue weighted by Gasteiger charge is -2.46. The monoisotopic (exact) mass is 908 g/mol. The minimum absolute atomic E-state index is 0.138. The molecule has 0 bridgehead atoms. The van der Waals surface area contributed by atoms with Gasteiger partial charge in [0.25, 0.3) is 0 Å². The first kappa shape index (κ1) is 43.2. The molecule has 0 saturated heterocycles. The van der Waals surface area contributed by atoms with Crippen LogP contribution in [0, 0.1) is 20.8 Å². The fourth-order valence-electron chi connectivity index (χ4n) is 11.8. The molecule has 4 heteroatoms. The number of fused-ring (bicyclic) bond motifs is 8. The van der Waals surface area contributed by atoms with Gasteiger partial charge in [-0.15, -0.1) is 11.3 Å². The first-order chi connectivity index (χ1) is 33.9. The smallest absolute Gasteiger partial charge is 0.333 e. The summed E-state index contributed by atoms with van der Waals surface area (Å²) in [6, 6.07) is 69.9. The highest BCUT2D eigenvalue weighted by atomic mass is 32.1. The number of aryl methyl sites for hydroxylation is 5. The van der Waals surface area contributed by atoms with Gasteiger partial charge in [-0.1, -0.05) is 154 Å². The molecule has 0 amide bonds. The van der Waals surface area contributed by atoms with Crippen LogP contribution in [0.2, 0.25) is 0 Å². The highest BCUT2D eigenvalue weighted by Crippen LogP contribution is 2.52. The van der Waals surface area contributed by atoms with E-state index in [4.69, 9.17) is 0 Å². The molecule has 0 spiro atoms. The highest BCUT2D eigenvalue weighted by Gasteiger charge is 2.47. The topological polar surface area (TPSA) is 6.48 Å². The van der Waals surface area contributed by atoms with Crippen LogP contribution >= 0.6 is 11.3 Å². The van der Waals surface area contributed by atoms with E-state index in [1.165, 1.54) is 145 Å². The van der Waals surface area contributed by atoms with Crippen molar-refractivity contribution in [2.45, 2.75) is 73.1 Å². The van der Waals surface area contributed by atoms with Crippen molar-refractivity contribution in [2.75, 3.05) is 9.71 Å². The first-order valence-electron chi connectivity index (χ1n) is 25.1. The summed E-state index contributed by atoms with van der Waals surface area (Å²) in [5.74, 6) is 0. The van der Waals surface area contributed by atoms with Gasteiger partial charge in [-0.05, 0) is 184 Å². The van der Waals surface area contributed by atoms with E-state index < -0.39 is 0 Å². The van der Waals surface area contributed by atoms with Crippen LogP contribution < -0.4 is 20.6 Å².